The molecule has 12 nitrogen and oxygen atoms in total. The molecule has 20 heavy (non-hydrogen) atoms. The molecule has 0 heterocycles. The Labute approximate surface area is 110 Å². The second-order valence-corrected chi connectivity index (χ2v) is 2.62. The maximum atomic E-state index is 9.69. The molecule has 0 amide bonds. The second-order valence-electron chi connectivity index (χ2n) is 2.62. The molecule has 0 aromatic carbocycles. The molecule has 4 N–H and O–H groups in total. The molecule has 0 spiro atoms. The highest BCUT2D eigenvalue weighted by Gasteiger charge is 2.00. The summed E-state index contributed by atoms with van der Waals surface area (Å²) in [6, 6.07) is 0. The molecule has 0 aromatic heterocycles. The Morgan fingerprint density at radius 3 is 0.750 bits per heavy atom. The third-order valence-electron chi connectivity index (χ3n) is 0.896. The molecule has 0 aliphatic carbocycles. The van der Waals surface area contributed by atoms with Crippen LogP contribution in [0.15, 0.2) is 0 Å². The number of aliphatic carboxylic acids is 4. The summed E-state index contributed by atoms with van der Waals surface area (Å²) >= 11 is 0. The van der Waals surface area contributed by atoms with E-state index in [1.54, 1.807) is 0 Å². The van der Waals surface area contributed by atoms with Gasteiger partial charge in [-0.15, -0.1) is 0 Å². The van der Waals surface area contributed by atoms with Crippen LogP contribution in [0.2, 0.25) is 0 Å². The van der Waals surface area contributed by atoms with Crippen LogP contribution in [0, 0.1) is 0 Å². The van der Waals surface area contributed by atoms with Crippen LogP contribution in [0.25, 0.3) is 0 Å². The molecule has 116 valence electrons. The van der Waals surface area contributed by atoms with E-state index in [0.29, 0.717) is 0 Å². The Morgan fingerprint density at radius 2 is 0.650 bits per heavy atom. The average Bonchev–Trinajstić information content (AvgIpc) is 2.30. The van der Waals surface area contributed by atoms with E-state index in [4.69, 9.17) is 20.4 Å². The zero-order valence-corrected chi connectivity index (χ0v) is 9.88. The van der Waals surface area contributed by atoms with Gasteiger partial charge in [-0.25, -0.2) is 38.7 Å². The van der Waals surface area contributed by atoms with E-state index in [-0.39, 0.29) is 0 Å². The zero-order chi connectivity index (χ0) is 16.0. The maximum Gasteiger partial charge on any atom is 0.333 e. The molecular weight excluding hydrogens is 288 g/mol. The monoisotopic (exact) mass is 300 g/mol. The number of hydrogen-bond donors (Lipinski definition) is 4. The van der Waals surface area contributed by atoms with Crippen LogP contribution < -0.4 is 0 Å². The van der Waals surface area contributed by atoms with Gasteiger partial charge in [-0.3, -0.25) is 0 Å². The van der Waals surface area contributed by atoms with Crippen LogP contribution in [-0.4, -0.2) is 70.7 Å². The third-order valence-corrected chi connectivity index (χ3v) is 0.896. The largest absolute Gasteiger partial charge is 0.479 e. The van der Waals surface area contributed by atoms with Crippen molar-refractivity contribution in [3.05, 3.63) is 0 Å². The minimum absolute atomic E-state index is 0.659. The van der Waals surface area contributed by atoms with Gasteiger partial charge in [-0.1, -0.05) is 0 Å². The van der Waals surface area contributed by atoms with Gasteiger partial charge in [0.05, 0.1) is 0 Å². The van der Waals surface area contributed by atoms with Gasteiger partial charge in [-0.2, -0.15) is 0 Å². The number of carboxylic acid groups (broad SMARTS) is 4. The summed E-state index contributed by atoms with van der Waals surface area (Å²) in [5, 5.41) is 31.7. The maximum absolute atomic E-state index is 9.69. The van der Waals surface area contributed by atoms with Gasteiger partial charge in [-0.05, 0) is 0 Å². The zero-order valence-electron chi connectivity index (χ0n) is 9.88. The number of carbonyl (C=O) groups is 4. The van der Waals surface area contributed by atoms with Crippen LogP contribution in [0.5, 0.6) is 0 Å². The molecule has 0 aliphatic heterocycles. The van der Waals surface area contributed by atoms with E-state index in [0.717, 1.165) is 0 Å². The molecule has 12 heteroatoms. The first-order valence-corrected chi connectivity index (χ1v) is 4.61. The number of rotatable bonds is 10. The first-order valence-electron chi connectivity index (χ1n) is 4.61. The van der Waals surface area contributed by atoms with Crippen LogP contribution in [0.1, 0.15) is 0 Å². The van der Waals surface area contributed by atoms with Crippen molar-refractivity contribution in [3.8, 4) is 0 Å². The number of hydrogen-bond acceptors (Lipinski definition) is 8. The van der Waals surface area contributed by atoms with Crippen molar-refractivity contribution in [1.82, 2.24) is 0 Å². The fourth-order valence-corrected chi connectivity index (χ4v) is 0.368. The van der Waals surface area contributed by atoms with Crippen LogP contribution >= 0.6 is 0 Å². The Morgan fingerprint density at radius 1 is 0.500 bits per heavy atom. The number of carboxylic acids is 4. The lowest BCUT2D eigenvalue weighted by atomic mass is 10.8. The molecule has 0 atom stereocenters. The van der Waals surface area contributed by atoms with Crippen molar-refractivity contribution in [2.45, 2.75) is 0 Å². The Bertz CT molecular complexity index is 259. The fraction of sp³-hybridized carbons (Fsp3) is 0.500. The predicted octanol–water partition coefficient (Wildman–Crippen LogP) is -1.79. The Kier molecular flexibility index (Phi) is 13.2. The predicted molar refractivity (Wildman–Crippen MR) is 54.4 cm³/mol. The van der Waals surface area contributed by atoms with Gasteiger partial charge < -0.3 is 20.4 Å². The van der Waals surface area contributed by atoms with Gasteiger partial charge in [0.15, 0.2) is 26.4 Å². The van der Waals surface area contributed by atoms with Crippen molar-refractivity contribution in [2.75, 3.05) is 26.4 Å². The van der Waals surface area contributed by atoms with Gasteiger partial charge >= 0.3 is 23.9 Å². The summed E-state index contributed by atoms with van der Waals surface area (Å²) in [6.07, 6.45) is 0. The van der Waals surface area contributed by atoms with Crippen molar-refractivity contribution < 1.29 is 59.2 Å². The fourth-order valence-electron chi connectivity index (χ4n) is 0.368. The summed E-state index contributed by atoms with van der Waals surface area (Å²) in [4.78, 5) is 54.5. The molecule has 0 unspecified atom stereocenters. The highest BCUT2D eigenvalue weighted by molar-refractivity contribution is 5.69. The molecule has 0 aromatic rings. The van der Waals surface area contributed by atoms with Crippen molar-refractivity contribution in [1.29, 1.82) is 0 Å². The van der Waals surface area contributed by atoms with Gasteiger partial charge in [0.25, 0.3) is 0 Å². The first-order chi connectivity index (χ1) is 9.25. The quantitative estimate of drug-likeness (QED) is 0.202. The molecule has 0 rings (SSSR count). The van der Waals surface area contributed by atoms with Crippen molar-refractivity contribution in [3.63, 3.8) is 0 Å². The minimum Gasteiger partial charge on any atom is -0.479 e. The summed E-state index contributed by atoms with van der Waals surface area (Å²) in [5.41, 5.74) is 0. The molecule has 0 bridgehead atoms. The molecule has 0 fully saturated rings. The van der Waals surface area contributed by atoms with Crippen LogP contribution in [0.3, 0.4) is 0 Å². The van der Waals surface area contributed by atoms with E-state index in [9.17, 15) is 19.2 Å². The highest BCUT2D eigenvalue weighted by atomic mass is 17.2. The average molecular weight is 300 g/mol. The summed E-state index contributed by atoms with van der Waals surface area (Å²) in [5.74, 6) is -4.87. The van der Waals surface area contributed by atoms with E-state index in [1.807, 2.05) is 0 Å². The second kappa shape index (κ2) is 13.2. The Balaban J connectivity index is 0. The first kappa shape index (κ1) is 20.0. The normalized spacial score (nSPS) is 9.20. The lowest BCUT2D eigenvalue weighted by molar-refractivity contribution is -0.289. The van der Waals surface area contributed by atoms with Gasteiger partial charge in [0.2, 0.25) is 0 Å². The summed E-state index contributed by atoms with van der Waals surface area (Å²) < 4.78 is 0. The molecule has 0 saturated heterocycles. The lowest BCUT2D eigenvalue weighted by Gasteiger charge is -1.95. The Hall–Kier alpha value is -2.28. The van der Waals surface area contributed by atoms with Crippen LogP contribution in [-0.2, 0) is 38.7 Å². The van der Waals surface area contributed by atoms with E-state index in [1.165, 1.54) is 0 Å². The SMILES string of the molecule is O=C(O)COOCC(=O)O.O=C(O)COOCC(=O)O. The smallest absolute Gasteiger partial charge is 0.333 e. The standard InChI is InChI=1S/2C4H6O6/c2*5-3(6)1-9-10-2-4(7)8/h2*1-2H2,(H,5,6)(H,7,8). The molecule has 0 radical (unpaired) electrons. The van der Waals surface area contributed by atoms with E-state index in [2.05, 4.69) is 19.6 Å². The van der Waals surface area contributed by atoms with Crippen LogP contribution in [0.4, 0.5) is 0 Å². The van der Waals surface area contributed by atoms with E-state index >= 15 is 0 Å². The molecular formula is C8H12O12. The third kappa shape index (κ3) is 24.8. The highest BCUT2D eigenvalue weighted by Crippen LogP contribution is 1.78. The lowest BCUT2D eigenvalue weighted by Crippen LogP contribution is -2.12. The minimum atomic E-state index is -1.22. The van der Waals surface area contributed by atoms with Gasteiger partial charge in [0.1, 0.15) is 0 Å². The molecule has 0 aliphatic rings. The summed E-state index contributed by atoms with van der Waals surface area (Å²) in [6.45, 7) is -2.64. The van der Waals surface area contributed by atoms with Crippen molar-refractivity contribution >= 4 is 23.9 Å². The topological polar surface area (TPSA) is 186 Å². The van der Waals surface area contributed by atoms with E-state index < -0.39 is 50.3 Å². The molecule has 0 saturated carbocycles. The van der Waals surface area contributed by atoms with Crippen molar-refractivity contribution in [2.24, 2.45) is 0 Å². The summed E-state index contributed by atoms with van der Waals surface area (Å²) in [7, 11) is 0. The van der Waals surface area contributed by atoms with Gasteiger partial charge in [0, 0.05) is 0 Å².